The Kier molecular flexibility index (Phi) is 5.33. The first-order valence-corrected chi connectivity index (χ1v) is 9.45. The molecule has 0 saturated carbocycles. The zero-order chi connectivity index (χ0) is 21.3. The van der Waals surface area contributed by atoms with E-state index < -0.39 is 12.6 Å². The third-order valence-corrected chi connectivity index (χ3v) is 4.43. The van der Waals surface area contributed by atoms with E-state index >= 15 is 0 Å². The number of carboxylic acid groups (broad SMARTS) is 1. The summed E-state index contributed by atoms with van der Waals surface area (Å²) < 4.78 is 21.9. The van der Waals surface area contributed by atoms with E-state index in [0.717, 1.165) is 0 Å². The Balaban J connectivity index is 1.65. The molecule has 0 fully saturated rings. The van der Waals surface area contributed by atoms with Crippen molar-refractivity contribution in [2.45, 2.75) is 20.0 Å². The van der Waals surface area contributed by atoms with Crippen molar-refractivity contribution in [3.05, 3.63) is 47.7 Å². The van der Waals surface area contributed by atoms with Gasteiger partial charge in [-0.1, -0.05) is 16.8 Å². The van der Waals surface area contributed by atoms with Gasteiger partial charge in [-0.3, -0.25) is 0 Å². The predicted molar refractivity (Wildman–Crippen MR) is 109 cm³/mol. The zero-order valence-corrected chi connectivity index (χ0v) is 16.8. The van der Waals surface area contributed by atoms with Gasteiger partial charge in [0.25, 0.3) is 5.89 Å². The molecule has 0 atom stereocenters. The first-order chi connectivity index (χ1) is 14.4. The van der Waals surface area contributed by atoms with E-state index in [0.29, 0.717) is 44.4 Å². The molecule has 2 heterocycles. The summed E-state index contributed by atoms with van der Waals surface area (Å²) in [6.07, 6.45) is 1.48. The fraction of sp³-hybridized carbons (Fsp3) is 0.190. The molecule has 0 radical (unpaired) electrons. The first kappa shape index (κ1) is 19.8. The van der Waals surface area contributed by atoms with Crippen molar-refractivity contribution >= 4 is 28.5 Å². The van der Waals surface area contributed by atoms with Crippen molar-refractivity contribution < 1.29 is 28.3 Å². The van der Waals surface area contributed by atoms with E-state index in [4.69, 9.17) is 35.1 Å². The number of aliphatic carboxylic acids is 1. The Bertz CT molecular complexity index is 1210. The number of carbonyl (C=O) groups is 1. The van der Waals surface area contributed by atoms with Crippen molar-refractivity contribution in [1.82, 2.24) is 10.1 Å². The molecule has 0 aliphatic rings. The van der Waals surface area contributed by atoms with Gasteiger partial charge in [-0.05, 0) is 50.2 Å². The number of furan rings is 1. The predicted octanol–water partition coefficient (Wildman–Crippen LogP) is 5.05. The minimum absolute atomic E-state index is 0.00140. The number of carboxylic acids is 1. The molecule has 30 heavy (non-hydrogen) atoms. The van der Waals surface area contributed by atoms with Gasteiger partial charge in [0.2, 0.25) is 5.82 Å². The van der Waals surface area contributed by atoms with Crippen LogP contribution < -0.4 is 9.47 Å². The van der Waals surface area contributed by atoms with Crippen LogP contribution in [-0.2, 0) is 4.79 Å². The van der Waals surface area contributed by atoms with Gasteiger partial charge in [-0.2, -0.15) is 4.98 Å². The molecule has 4 rings (SSSR count). The lowest BCUT2D eigenvalue weighted by Crippen LogP contribution is -2.09. The monoisotopic (exact) mass is 428 g/mol. The molecule has 0 amide bonds. The Morgan fingerprint density at radius 1 is 1.20 bits per heavy atom. The molecule has 0 unspecified atom stereocenters. The summed E-state index contributed by atoms with van der Waals surface area (Å²) in [6, 6.07) is 10.2. The van der Waals surface area contributed by atoms with E-state index in [2.05, 4.69) is 10.1 Å². The van der Waals surface area contributed by atoms with Crippen LogP contribution in [0.4, 0.5) is 0 Å². The number of ether oxygens (including phenoxy) is 2. The van der Waals surface area contributed by atoms with Gasteiger partial charge < -0.3 is 23.5 Å². The summed E-state index contributed by atoms with van der Waals surface area (Å²) in [5.41, 5.74) is 1.69. The number of rotatable bonds is 7. The van der Waals surface area contributed by atoms with E-state index in [1.807, 2.05) is 13.8 Å². The van der Waals surface area contributed by atoms with Crippen molar-refractivity contribution in [2.24, 2.45) is 0 Å². The molecule has 0 aliphatic heterocycles. The summed E-state index contributed by atoms with van der Waals surface area (Å²) in [5.74, 6) is 0.495. The molecule has 2 aromatic carbocycles. The van der Waals surface area contributed by atoms with Gasteiger partial charge in [0.1, 0.15) is 17.1 Å². The first-order valence-electron chi connectivity index (χ1n) is 9.08. The summed E-state index contributed by atoms with van der Waals surface area (Å²) in [6.45, 7) is 3.38. The Labute approximate surface area is 176 Å². The topological polar surface area (TPSA) is 108 Å². The number of fused-ring (bicyclic) bond motifs is 1. The largest absolute Gasteiger partial charge is 0.489 e. The van der Waals surface area contributed by atoms with Gasteiger partial charge >= 0.3 is 5.97 Å². The van der Waals surface area contributed by atoms with Gasteiger partial charge in [0.15, 0.2) is 6.61 Å². The maximum absolute atomic E-state index is 10.8. The van der Waals surface area contributed by atoms with Crippen molar-refractivity contribution in [3.63, 3.8) is 0 Å². The van der Waals surface area contributed by atoms with Crippen LogP contribution in [0.5, 0.6) is 11.5 Å². The Morgan fingerprint density at radius 3 is 2.73 bits per heavy atom. The number of halogens is 1. The van der Waals surface area contributed by atoms with Crippen LogP contribution >= 0.6 is 11.6 Å². The maximum atomic E-state index is 10.8. The van der Waals surface area contributed by atoms with Crippen LogP contribution in [0.2, 0.25) is 5.02 Å². The fourth-order valence-electron chi connectivity index (χ4n) is 2.91. The van der Waals surface area contributed by atoms with Crippen LogP contribution in [0, 0.1) is 0 Å². The van der Waals surface area contributed by atoms with E-state index in [-0.39, 0.29) is 12.0 Å². The van der Waals surface area contributed by atoms with E-state index in [1.54, 1.807) is 36.4 Å². The average Bonchev–Trinajstić information content (AvgIpc) is 3.37. The maximum Gasteiger partial charge on any atom is 0.341 e. The molecule has 2 aromatic heterocycles. The fourth-order valence-corrected chi connectivity index (χ4v) is 3.14. The number of aromatic nitrogens is 2. The van der Waals surface area contributed by atoms with Crippen LogP contribution in [0.1, 0.15) is 13.8 Å². The summed E-state index contributed by atoms with van der Waals surface area (Å²) in [4.78, 5) is 15.2. The SMILES string of the molecule is CC(C)Oc1ccc(-c2nc(-c3ccc(OCC(=O)O)c4ccoc34)no2)cc1Cl. The lowest BCUT2D eigenvalue weighted by atomic mass is 10.1. The van der Waals surface area contributed by atoms with Crippen molar-refractivity contribution in [1.29, 1.82) is 0 Å². The Morgan fingerprint density at radius 2 is 2.00 bits per heavy atom. The summed E-state index contributed by atoms with van der Waals surface area (Å²) in [7, 11) is 0. The average molecular weight is 429 g/mol. The highest BCUT2D eigenvalue weighted by Gasteiger charge is 2.18. The molecule has 1 N–H and O–H groups in total. The van der Waals surface area contributed by atoms with Gasteiger partial charge in [0.05, 0.1) is 28.3 Å². The molecule has 0 spiro atoms. The smallest absolute Gasteiger partial charge is 0.341 e. The van der Waals surface area contributed by atoms with Crippen LogP contribution in [0.3, 0.4) is 0 Å². The lowest BCUT2D eigenvalue weighted by molar-refractivity contribution is -0.139. The standard InChI is InChI=1S/C21H17ClN2O6/c1-11(2)29-17-5-3-12(9-15(17)22)21-23-20(24-30-21)14-4-6-16(28-10-18(25)26)13-7-8-27-19(13)14/h3-9,11H,10H2,1-2H3,(H,25,26). The number of hydrogen-bond acceptors (Lipinski definition) is 7. The number of nitrogens with zero attached hydrogens (tertiary/aromatic N) is 2. The molecule has 0 bridgehead atoms. The summed E-state index contributed by atoms with van der Waals surface area (Å²) >= 11 is 6.29. The normalized spacial score (nSPS) is 11.2. The molecule has 9 heteroatoms. The second-order valence-electron chi connectivity index (χ2n) is 6.69. The third-order valence-electron chi connectivity index (χ3n) is 4.14. The number of hydrogen-bond donors (Lipinski definition) is 1. The molecular weight excluding hydrogens is 412 g/mol. The van der Waals surface area contributed by atoms with Crippen molar-refractivity contribution in [2.75, 3.05) is 6.61 Å². The highest BCUT2D eigenvalue weighted by atomic mass is 35.5. The third kappa shape index (κ3) is 3.95. The quantitative estimate of drug-likeness (QED) is 0.435. The molecular formula is C21H17ClN2O6. The van der Waals surface area contributed by atoms with Gasteiger partial charge in [-0.15, -0.1) is 0 Å². The highest BCUT2D eigenvalue weighted by Crippen LogP contribution is 2.36. The summed E-state index contributed by atoms with van der Waals surface area (Å²) in [5, 5.41) is 13.9. The number of benzene rings is 2. The molecule has 0 saturated heterocycles. The zero-order valence-electron chi connectivity index (χ0n) is 16.1. The molecule has 154 valence electrons. The van der Waals surface area contributed by atoms with E-state index in [1.165, 1.54) is 6.26 Å². The van der Waals surface area contributed by atoms with Crippen LogP contribution in [0.25, 0.3) is 33.8 Å². The highest BCUT2D eigenvalue weighted by molar-refractivity contribution is 6.32. The van der Waals surface area contributed by atoms with Crippen LogP contribution in [-0.4, -0.2) is 33.9 Å². The lowest BCUT2D eigenvalue weighted by Gasteiger charge is -2.11. The minimum atomic E-state index is -1.07. The molecule has 4 aromatic rings. The molecule has 0 aliphatic carbocycles. The van der Waals surface area contributed by atoms with Crippen molar-refractivity contribution in [3.8, 4) is 34.3 Å². The minimum Gasteiger partial charge on any atom is -0.489 e. The van der Waals surface area contributed by atoms with Gasteiger partial charge in [-0.25, -0.2) is 4.79 Å². The van der Waals surface area contributed by atoms with Crippen LogP contribution in [0.15, 0.2) is 51.6 Å². The second-order valence-corrected chi connectivity index (χ2v) is 7.10. The molecule has 8 nitrogen and oxygen atoms in total. The second kappa shape index (κ2) is 8.08. The van der Waals surface area contributed by atoms with E-state index in [9.17, 15) is 4.79 Å². The Hall–Kier alpha value is -3.52. The van der Waals surface area contributed by atoms with Gasteiger partial charge in [0, 0.05) is 5.56 Å².